The molecule has 0 radical (unpaired) electrons. The average Bonchev–Trinajstić information content (AvgIpc) is 3.00. The third kappa shape index (κ3) is 3.50. The van der Waals surface area contributed by atoms with E-state index >= 15 is 0 Å². The zero-order valence-corrected chi connectivity index (χ0v) is 13.8. The van der Waals surface area contributed by atoms with Gasteiger partial charge in [-0.25, -0.2) is 9.97 Å². The summed E-state index contributed by atoms with van der Waals surface area (Å²) in [4.78, 5) is 13.4. The van der Waals surface area contributed by atoms with E-state index in [4.69, 9.17) is 4.98 Å². The van der Waals surface area contributed by atoms with Crippen molar-refractivity contribution in [1.29, 1.82) is 0 Å². The third-order valence-corrected chi connectivity index (χ3v) is 4.81. The van der Waals surface area contributed by atoms with E-state index in [0.717, 1.165) is 41.3 Å². The summed E-state index contributed by atoms with van der Waals surface area (Å²) < 4.78 is 0. The molecule has 0 amide bonds. The first-order chi connectivity index (χ1) is 11.2. The van der Waals surface area contributed by atoms with Crippen LogP contribution < -0.4 is 5.32 Å². The third-order valence-electron chi connectivity index (χ3n) is 4.81. The van der Waals surface area contributed by atoms with E-state index in [-0.39, 0.29) is 6.61 Å². The fourth-order valence-electron chi connectivity index (χ4n) is 3.31. The highest BCUT2D eigenvalue weighted by atomic mass is 16.3. The van der Waals surface area contributed by atoms with Crippen molar-refractivity contribution in [3.05, 3.63) is 35.8 Å². The second kappa shape index (κ2) is 7.04. The molecule has 2 unspecified atom stereocenters. The van der Waals surface area contributed by atoms with Crippen LogP contribution >= 0.6 is 0 Å². The SMILES string of the molecule is Cc1nc(-c2ccncc2)nc(NC2CCCC2CCO)c1C. The minimum atomic E-state index is 0.257. The molecule has 0 bridgehead atoms. The summed E-state index contributed by atoms with van der Waals surface area (Å²) in [5.74, 6) is 2.17. The molecule has 2 heterocycles. The second-order valence-corrected chi connectivity index (χ2v) is 6.30. The first kappa shape index (κ1) is 15.9. The van der Waals surface area contributed by atoms with Crippen LogP contribution in [0.15, 0.2) is 24.5 Å². The highest BCUT2D eigenvalue weighted by Crippen LogP contribution is 2.32. The molecule has 0 aromatic carbocycles. The molecule has 122 valence electrons. The van der Waals surface area contributed by atoms with E-state index < -0.39 is 0 Å². The molecular weight excluding hydrogens is 288 g/mol. The zero-order valence-electron chi connectivity index (χ0n) is 13.8. The van der Waals surface area contributed by atoms with Gasteiger partial charge in [0.25, 0.3) is 0 Å². The Hall–Kier alpha value is -2.01. The van der Waals surface area contributed by atoms with Crippen LogP contribution in [0, 0.1) is 19.8 Å². The number of nitrogens with one attached hydrogen (secondary N) is 1. The Morgan fingerprint density at radius 2 is 1.96 bits per heavy atom. The second-order valence-electron chi connectivity index (χ2n) is 6.30. The van der Waals surface area contributed by atoms with Crippen LogP contribution in [-0.2, 0) is 0 Å². The van der Waals surface area contributed by atoms with Crippen LogP contribution in [0.5, 0.6) is 0 Å². The predicted octanol–water partition coefficient (Wildman–Crippen LogP) is 3.12. The average molecular weight is 312 g/mol. The Labute approximate surface area is 137 Å². The van der Waals surface area contributed by atoms with Gasteiger partial charge in [-0.05, 0) is 51.2 Å². The normalized spacial score (nSPS) is 20.7. The maximum atomic E-state index is 9.24. The maximum absolute atomic E-state index is 9.24. The molecule has 3 rings (SSSR count). The van der Waals surface area contributed by atoms with Gasteiger partial charge in [-0.1, -0.05) is 6.42 Å². The minimum Gasteiger partial charge on any atom is -0.396 e. The van der Waals surface area contributed by atoms with Gasteiger partial charge >= 0.3 is 0 Å². The lowest BCUT2D eigenvalue weighted by Crippen LogP contribution is -2.26. The van der Waals surface area contributed by atoms with Crippen LogP contribution in [0.4, 0.5) is 5.82 Å². The molecule has 5 heteroatoms. The molecule has 1 fully saturated rings. The first-order valence-electron chi connectivity index (χ1n) is 8.32. The highest BCUT2D eigenvalue weighted by Gasteiger charge is 2.27. The summed E-state index contributed by atoms with van der Waals surface area (Å²) in [6.45, 7) is 4.34. The number of hydrogen-bond acceptors (Lipinski definition) is 5. The van der Waals surface area contributed by atoms with Crippen LogP contribution in [-0.4, -0.2) is 32.7 Å². The van der Waals surface area contributed by atoms with Crippen LogP contribution in [0.1, 0.15) is 36.9 Å². The lowest BCUT2D eigenvalue weighted by molar-refractivity contribution is 0.254. The topological polar surface area (TPSA) is 70.9 Å². The minimum absolute atomic E-state index is 0.257. The molecule has 2 aromatic rings. The molecule has 23 heavy (non-hydrogen) atoms. The number of aromatic nitrogens is 3. The summed E-state index contributed by atoms with van der Waals surface area (Å²) >= 11 is 0. The number of pyridine rings is 1. The van der Waals surface area contributed by atoms with E-state index in [2.05, 4.69) is 22.2 Å². The molecule has 0 saturated heterocycles. The first-order valence-corrected chi connectivity index (χ1v) is 8.32. The van der Waals surface area contributed by atoms with Gasteiger partial charge in [-0.15, -0.1) is 0 Å². The quantitative estimate of drug-likeness (QED) is 0.887. The smallest absolute Gasteiger partial charge is 0.161 e. The zero-order chi connectivity index (χ0) is 16.2. The Morgan fingerprint density at radius 3 is 2.70 bits per heavy atom. The van der Waals surface area contributed by atoms with Crippen molar-refractivity contribution in [2.75, 3.05) is 11.9 Å². The van der Waals surface area contributed by atoms with Crippen molar-refractivity contribution in [3.8, 4) is 11.4 Å². The molecule has 2 aromatic heterocycles. The molecular formula is C18H24N4O. The van der Waals surface area contributed by atoms with Crippen molar-refractivity contribution in [2.45, 2.75) is 45.6 Å². The van der Waals surface area contributed by atoms with Gasteiger partial charge in [0.2, 0.25) is 0 Å². The fraction of sp³-hybridized carbons (Fsp3) is 0.500. The number of nitrogens with zero attached hydrogens (tertiary/aromatic N) is 3. The van der Waals surface area contributed by atoms with Crippen molar-refractivity contribution in [3.63, 3.8) is 0 Å². The van der Waals surface area contributed by atoms with Gasteiger partial charge in [0.15, 0.2) is 5.82 Å². The lowest BCUT2D eigenvalue weighted by atomic mass is 10.00. The van der Waals surface area contributed by atoms with Gasteiger partial charge in [-0.3, -0.25) is 4.98 Å². The van der Waals surface area contributed by atoms with Gasteiger partial charge in [0, 0.05) is 41.9 Å². The molecule has 1 aliphatic carbocycles. The Balaban J connectivity index is 1.88. The molecule has 1 aliphatic rings. The van der Waals surface area contributed by atoms with Crippen molar-refractivity contribution < 1.29 is 5.11 Å². The van der Waals surface area contributed by atoms with E-state index in [1.807, 2.05) is 19.1 Å². The fourth-order valence-corrected chi connectivity index (χ4v) is 3.31. The Morgan fingerprint density at radius 1 is 1.17 bits per heavy atom. The summed E-state index contributed by atoms with van der Waals surface area (Å²) in [5, 5.41) is 12.9. The highest BCUT2D eigenvalue weighted by molar-refractivity contribution is 5.59. The summed E-state index contributed by atoms with van der Waals surface area (Å²) in [7, 11) is 0. The number of aliphatic hydroxyl groups is 1. The molecule has 5 nitrogen and oxygen atoms in total. The number of rotatable bonds is 5. The largest absolute Gasteiger partial charge is 0.396 e. The summed E-state index contributed by atoms with van der Waals surface area (Å²) in [6.07, 6.45) is 7.90. The number of aryl methyl sites for hydroxylation is 1. The monoisotopic (exact) mass is 312 g/mol. The van der Waals surface area contributed by atoms with Crippen LogP contribution in [0.2, 0.25) is 0 Å². The van der Waals surface area contributed by atoms with E-state index in [0.29, 0.717) is 12.0 Å². The molecule has 1 saturated carbocycles. The molecule has 2 N–H and O–H groups in total. The van der Waals surface area contributed by atoms with E-state index in [9.17, 15) is 5.11 Å². The van der Waals surface area contributed by atoms with Gasteiger partial charge in [0.1, 0.15) is 5.82 Å². The number of anilines is 1. The maximum Gasteiger partial charge on any atom is 0.161 e. The van der Waals surface area contributed by atoms with E-state index in [1.54, 1.807) is 12.4 Å². The summed E-state index contributed by atoms with van der Waals surface area (Å²) in [6, 6.07) is 4.25. The van der Waals surface area contributed by atoms with Crippen molar-refractivity contribution in [1.82, 2.24) is 15.0 Å². The summed E-state index contributed by atoms with van der Waals surface area (Å²) in [5.41, 5.74) is 3.06. The standard InChI is InChI=1S/C18H24N4O/c1-12-13(2)20-18(15-6-9-19-10-7-15)22-17(12)21-16-5-3-4-14(16)8-11-23/h6-7,9-10,14,16,23H,3-5,8,11H2,1-2H3,(H,20,21,22). The van der Waals surface area contributed by atoms with Crippen molar-refractivity contribution in [2.24, 2.45) is 5.92 Å². The molecule has 2 atom stereocenters. The van der Waals surface area contributed by atoms with Crippen molar-refractivity contribution >= 4 is 5.82 Å². The van der Waals surface area contributed by atoms with Crippen LogP contribution in [0.25, 0.3) is 11.4 Å². The van der Waals surface area contributed by atoms with Gasteiger partial charge in [0.05, 0.1) is 0 Å². The lowest BCUT2D eigenvalue weighted by Gasteiger charge is -2.22. The van der Waals surface area contributed by atoms with Gasteiger partial charge in [-0.2, -0.15) is 0 Å². The molecule has 0 spiro atoms. The Kier molecular flexibility index (Phi) is 4.86. The van der Waals surface area contributed by atoms with E-state index in [1.165, 1.54) is 12.8 Å². The van der Waals surface area contributed by atoms with Crippen LogP contribution in [0.3, 0.4) is 0 Å². The number of aliphatic hydroxyl groups excluding tert-OH is 1. The predicted molar refractivity (Wildman–Crippen MR) is 91.2 cm³/mol. The Bertz CT molecular complexity index is 660. The van der Waals surface area contributed by atoms with Gasteiger partial charge < -0.3 is 10.4 Å². The number of hydrogen-bond donors (Lipinski definition) is 2. The molecule has 0 aliphatic heterocycles.